The van der Waals surface area contributed by atoms with Gasteiger partial charge in [-0.05, 0) is 25.1 Å². The van der Waals surface area contributed by atoms with Crippen LogP contribution in [0.15, 0.2) is 18.2 Å². The molecule has 5 heteroatoms. The first-order chi connectivity index (χ1) is 7.59. The number of fused-ring (bicyclic) bond motifs is 1. The molecule has 2 atom stereocenters. The van der Waals surface area contributed by atoms with E-state index in [0.29, 0.717) is 17.1 Å². The Balaban J connectivity index is 2.28. The summed E-state index contributed by atoms with van der Waals surface area (Å²) in [5, 5.41) is -0.500. The zero-order valence-corrected chi connectivity index (χ0v) is 9.87. The molecule has 0 saturated carbocycles. The Bertz CT molecular complexity index is 455. The number of ether oxygens (including phenoxy) is 2. The summed E-state index contributed by atoms with van der Waals surface area (Å²) in [4.78, 5) is 11.9. The van der Waals surface area contributed by atoms with E-state index in [-0.39, 0.29) is 12.6 Å². The molecule has 0 spiro atoms. The maximum atomic E-state index is 11.9. The fourth-order valence-electron chi connectivity index (χ4n) is 1.44. The van der Waals surface area contributed by atoms with Crippen LogP contribution in [0.25, 0.3) is 0 Å². The van der Waals surface area contributed by atoms with Gasteiger partial charge in [0.15, 0.2) is 17.3 Å². The zero-order chi connectivity index (χ0) is 11.7. The molecule has 1 unspecified atom stereocenters. The number of benzene rings is 1. The molecule has 0 fully saturated rings. The molecule has 0 N–H and O–H groups in total. The van der Waals surface area contributed by atoms with Crippen LogP contribution in [0.4, 0.5) is 0 Å². The van der Waals surface area contributed by atoms with Crippen LogP contribution in [0.3, 0.4) is 0 Å². The number of carbonyl (C=O) groups excluding carboxylic acids is 1. The molecule has 0 aliphatic carbocycles. The van der Waals surface area contributed by atoms with Crippen molar-refractivity contribution < 1.29 is 18.5 Å². The van der Waals surface area contributed by atoms with E-state index in [1.807, 2.05) is 0 Å². The van der Waals surface area contributed by atoms with Crippen molar-refractivity contribution in [3.63, 3.8) is 0 Å². The fourth-order valence-corrected chi connectivity index (χ4v) is 1.87. The summed E-state index contributed by atoms with van der Waals surface area (Å²) in [6, 6.07) is 4.99. The van der Waals surface area contributed by atoms with Crippen LogP contribution >= 0.6 is 0 Å². The van der Waals surface area contributed by atoms with Crippen LogP contribution in [0.5, 0.6) is 11.5 Å². The minimum absolute atomic E-state index is 0.140. The van der Waals surface area contributed by atoms with Gasteiger partial charge in [-0.3, -0.25) is 9.00 Å². The van der Waals surface area contributed by atoms with Crippen LogP contribution < -0.4 is 9.47 Å². The number of rotatable bonds is 3. The number of hydrogen-bond acceptors (Lipinski definition) is 4. The lowest BCUT2D eigenvalue weighted by molar-refractivity contribution is 0.0992. The van der Waals surface area contributed by atoms with Gasteiger partial charge in [-0.1, -0.05) is 0 Å². The first-order valence-electron chi connectivity index (χ1n) is 4.85. The summed E-state index contributed by atoms with van der Waals surface area (Å²) < 4.78 is 21.6. The average molecular weight is 240 g/mol. The van der Waals surface area contributed by atoms with Gasteiger partial charge in [0, 0.05) is 22.6 Å². The molecule has 2 rings (SSSR count). The Morgan fingerprint density at radius 3 is 2.75 bits per heavy atom. The number of ketones is 1. The molecule has 0 bridgehead atoms. The number of carbonyl (C=O) groups is 1. The Morgan fingerprint density at radius 1 is 1.38 bits per heavy atom. The molecule has 0 saturated heterocycles. The van der Waals surface area contributed by atoms with E-state index in [9.17, 15) is 9.00 Å². The van der Waals surface area contributed by atoms with E-state index in [1.54, 1.807) is 25.1 Å². The third-order valence-electron chi connectivity index (χ3n) is 2.52. The van der Waals surface area contributed by atoms with Gasteiger partial charge in [0.05, 0.1) is 5.25 Å². The van der Waals surface area contributed by atoms with Gasteiger partial charge >= 0.3 is 0 Å². The van der Waals surface area contributed by atoms with Crippen molar-refractivity contribution in [2.75, 3.05) is 13.0 Å². The minimum Gasteiger partial charge on any atom is -0.454 e. The molecule has 1 aliphatic rings. The van der Waals surface area contributed by atoms with E-state index in [4.69, 9.17) is 9.47 Å². The third kappa shape index (κ3) is 1.95. The molecule has 0 aromatic heterocycles. The molecule has 1 aromatic carbocycles. The Hall–Kier alpha value is -1.36. The molecule has 1 aromatic rings. The highest BCUT2D eigenvalue weighted by atomic mass is 32.2. The van der Waals surface area contributed by atoms with Crippen LogP contribution in [-0.2, 0) is 10.8 Å². The lowest BCUT2D eigenvalue weighted by Crippen LogP contribution is -2.21. The SMILES string of the molecule is C[C@H](C(=O)c1ccc2c(c1)OCO2)S(C)=O. The summed E-state index contributed by atoms with van der Waals surface area (Å²) in [5.41, 5.74) is 0.506. The molecule has 0 radical (unpaired) electrons. The third-order valence-corrected chi connectivity index (χ3v) is 3.73. The van der Waals surface area contributed by atoms with Crippen molar-refractivity contribution in [2.24, 2.45) is 0 Å². The molecule has 16 heavy (non-hydrogen) atoms. The molecular weight excluding hydrogens is 228 g/mol. The lowest BCUT2D eigenvalue weighted by atomic mass is 10.1. The second kappa shape index (κ2) is 4.25. The van der Waals surface area contributed by atoms with Crippen LogP contribution in [0.2, 0.25) is 0 Å². The highest BCUT2D eigenvalue weighted by Gasteiger charge is 2.21. The monoisotopic (exact) mass is 240 g/mol. The average Bonchev–Trinajstić information content (AvgIpc) is 2.73. The van der Waals surface area contributed by atoms with Crippen molar-refractivity contribution in [1.29, 1.82) is 0 Å². The quantitative estimate of drug-likeness (QED) is 0.749. The summed E-state index contributed by atoms with van der Waals surface area (Å²) in [5.74, 6) is 1.07. The molecular formula is C11H12O4S. The lowest BCUT2D eigenvalue weighted by Gasteiger charge is -2.07. The Morgan fingerprint density at radius 2 is 2.06 bits per heavy atom. The van der Waals surface area contributed by atoms with E-state index >= 15 is 0 Å². The van der Waals surface area contributed by atoms with E-state index < -0.39 is 16.0 Å². The Labute approximate surface area is 96.0 Å². The van der Waals surface area contributed by atoms with Crippen molar-refractivity contribution in [3.05, 3.63) is 23.8 Å². The molecule has 4 nitrogen and oxygen atoms in total. The molecule has 1 heterocycles. The van der Waals surface area contributed by atoms with Crippen molar-refractivity contribution in [1.82, 2.24) is 0 Å². The summed E-state index contributed by atoms with van der Waals surface area (Å²) in [7, 11) is -1.16. The standard InChI is InChI=1S/C11H12O4S/c1-7(16(2)13)11(12)8-3-4-9-10(5-8)15-6-14-9/h3-5,7H,6H2,1-2H3/t7-,16?/m1/s1. The van der Waals surface area contributed by atoms with Gasteiger partial charge in [-0.15, -0.1) is 0 Å². The van der Waals surface area contributed by atoms with E-state index in [0.717, 1.165) is 0 Å². The zero-order valence-electron chi connectivity index (χ0n) is 9.06. The first-order valence-corrected chi connectivity index (χ1v) is 6.48. The maximum absolute atomic E-state index is 11.9. The second-order valence-corrected chi connectivity index (χ2v) is 5.28. The normalized spacial score (nSPS) is 16.9. The first kappa shape index (κ1) is 11.1. The highest BCUT2D eigenvalue weighted by molar-refractivity contribution is 7.85. The Kier molecular flexibility index (Phi) is 2.96. The second-order valence-electron chi connectivity index (χ2n) is 3.57. The molecule has 0 amide bonds. The van der Waals surface area contributed by atoms with Crippen molar-refractivity contribution >= 4 is 16.6 Å². The van der Waals surface area contributed by atoms with Gasteiger partial charge in [0.1, 0.15) is 0 Å². The van der Waals surface area contributed by atoms with Gasteiger partial charge in [0.25, 0.3) is 0 Å². The van der Waals surface area contributed by atoms with Gasteiger partial charge in [-0.25, -0.2) is 0 Å². The van der Waals surface area contributed by atoms with Crippen LogP contribution in [0.1, 0.15) is 17.3 Å². The molecule has 86 valence electrons. The van der Waals surface area contributed by atoms with Gasteiger partial charge < -0.3 is 9.47 Å². The minimum atomic E-state index is -1.16. The molecule has 1 aliphatic heterocycles. The fraction of sp³-hybridized carbons (Fsp3) is 0.364. The van der Waals surface area contributed by atoms with Crippen LogP contribution in [-0.4, -0.2) is 28.3 Å². The van der Waals surface area contributed by atoms with E-state index in [2.05, 4.69) is 0 Å². The maximum Gasteiger partial charge on any atom is 0.231 e. The summed E-state index contributed by atoms with van der Waals surface area (Å²) in [6.45, 7) is 1.84. The van der Waals surface area contributed by atoms with Crippen molar-refractivity contribution in [3.8, 4) is 11.5 Å². The van der Waals surface area contributed by atoms with Gasteiger partial charge in [0.2, 0.25) is 6.79 Å². The number of hydrogen-bond donors (Lipinski definition) is 0. The largest absolute Gasteiger partial charge is 0.454 e. The summed E-state index contributed by atoms with van der Waals surface area (Å²) in [6.07, 6.45) is 1.52. The topological polar surface area (TPSA) is 52.6 Å². The smallest absolute Gasteiger partial charge is 0.231 e. The van der Waals surface area contributed by atoms with Gasteiger partial charge in [-0.2, -0.15) is 0 Å². The predicted molar refractivity (Wildman–Crippen MR) is 60.4 cm³/mol. The number of Topliss-reactive ketones (excluding diaryl/α,β-unsaturated/α-hetero) is 1. The summed E-state index contributed by atoms with van der Waals surface area (Å²) >= 11 is 0. The van der Waals surface area contributed by atoms with E-state index in [1.165, 1.54) is 6.26 Å². The van der Waals surface area contributed by atoms with Crippen molar-refractivity contribution in [2.45, 2.75) is 12.2 Å². The van der Waals surface area contributed by atoms with Crippen LogP contribution in [0, 0.1) is 0 Å². The highest BCUT2D eigenvalue weighted by Crippen LogP contribution is 2.32. The predicted octanol–water partition coefficient (Wildman–Crippen LogP) is 1.36.